The maximum Gasteiger partial charge on any atom is 0.422 e. The predicted molar refractivity (Wildman–Crippen MR) is 88.9 cm³/mol. The number of hydrogen-bond acceptors (Lipinski definition) is 2. The van der Waals surface area contributed by atoms with E-state index in [9.17, 15) is 18.3 Å². The fourth-order valence-corrected chi connectivity index (χ4v) is 3.00. The highest BCUT2D eigenvalue weighted by molar-refractivity contribution is 5.39. The molecule has 25 heavy (non-hydrogen) atoms. The van der Waals surface area contributed by atoms with E-state index in [4.69, 9.17) is 0 Å². The van der Waals surface area contributed by atoms with Gasteiger partial charge in [-0.3, -0.25) is 4.98 Å². The first-order chi connectivity index (χ1) is 11.9. The van der Waals surface area contributed by atoms with Crippen molar-refractivity contribution in [3.05, 3.63) is 102 Å². The third kappa shape index (κ3) is 3.15. The Balaban J connectivity index is 2.29. The molecule has 1 heterocycles. The minimum atomic E-state index is -4.90. The molecule has 1 N–H and O–H groups in total. The topological polar surface area (TPSA) is 33.1 Å². The van der Waals surface area contributed by atoms with Gasteiger partial charge in [-0.05, 0) is 23.3 Å². The van der Waals surface area contributed by atoms with Crippen LogP contribution in [0.1, 0.15) is 22.7 Å². The molecule has 2 atom stereocenters. The summed E-state index contributed by atoms with van der Waals surface area (Å²) < 4.78 is 42.4. The summed E-state index contributed by atoms with van der Waals surface area (Å²) >= 11 is 0. The first-order valence-electron chi connectivity index (χ1n) is 7.75. The van der Waals surface area contributed by atoms with E-state index in [1.54, 1.807) is 48.5 Å². The SMILES string of the molecule is O[C@@](c1ccccc1)([C@H](c1ccccc1)c1ccccn1)C(F)(F)F. The second kappa shape index (κ2) is 6.69. The number of alkyl halides is 3. The van der Waals surface area contributed by atoms with Crippen LogP contribution in [0.15, 0.2) is 85.1 Å². The first kappa shape index (κ1) is 17.2. The molecule has 0 spiro atoms. The average molecular weight is 343 g/mol. The minimum absolute atomic E-state index is 0.150. The molecule has 0 aliphatic carbocycles. The average Bonchev–Trinajstić information content (AvgIpc) is 2.63. The van der Waals surface area contributed by atoms with Crippen LogP contribution < -0.4 is 0 Å². The summed E-state index contributed by atoms with van der Waals surface area (Å²) in [4.78, 5) is 4.10. The molecule has 5 heteroatoms. The summed E-state index contributed by atoms with van der Waals surface area (Å²) in [6, 6.07) is 20.0. The van der Waals surface area contributed by atoms with Crippen molar-refractivity contribution in [2.45, 2.75) is 17.7 Å². The van der Waals surface area contributed by atoms with Crippen LogP contribution in [0.4, 0.5) is 13.2 Å². The number of aromatic nitrogens is 1. The summed E-state index contributed by atoms with van der Waals surface area (Å²) in [5.74, 6) is -1.39. The van der Waals surface area contributed by atoms with Gasteiger partial charge in [-0.2, -0.15) is 13.2 Å². The summed E-state index contributed by atoms with van der Waals surface area (Å²) in [5, 5.41) is 11.0. The molecular weight excluding hydrogens is 327 g/mol. The number of benzene rings is 2. The molecule has 128 valence electrons. The van der Waals surface area contributed by atoms with Crippen molar-refractivity contribution >= 4 is 0 Å². The van der Waals surface area contributed by atoms with Crippen LogP contribution >= 0.6 is 0 Å². The van der Waals surface area contributed by atoms with E-state index in [-0.39, 0.29) is 11.3 Å². The summed E-state index contributed by atoms with van der Waals surface area (Å²) in [6.45, 7) is 0. The molecule has 2 nitrogen and oxygen atoms in total. The minimum Gasteiger partial charge on any atom is -0.376 e. The maximum absolute atomic E-state index is 14.1. The zero-order valence-corrected chi connectivity index (χ0v) is 13.2. The largest absolute Gasteiger partial charge is 0.422 e. The number of rotatable bonds is 4. The van der Waals surface area contributed by atoms with Crippen LogP contribution in [-0.4, -0.2) is 16.3 Å². The molecule has 0 unspecified atom stereocenters. The van der Waals surface area contributed by atoms with Gasteiger partial charge in [0.25, 0.3) is 0 Å². The van der Waals surface area contributed by atoms with Gasteiger partial charge in [0.2, 0.25) is 0 Å². The second-order valence-electron chi connectivity index (χ2n) is 5.73. The van der Waals surface area contributed by atoms with Gasteiger partial charge >= 0.3 is 6.18 Å². The van der Waals surface area contributed by atoms with Crippen molar-refractivity contribution in [3.8, 4) is 0 Å². The fraction of sp³-hybridized carbons (Fsp3) is 0.150. The highest BCUT2D eigenvalue weighted by Gasteiger charge is 2.60. The van der Waals surface area contributed by atoms with Crippen LogP contribution in [0.25, 0.3) is 0 Å². The van der Waals surface area contributed by atoms with Gasteiger partial charge < -0.3 is 5.11 Å². The molecule has 0 radical (unpaired) electrons. The molecule has 0 saturated heterocycles. The third-order valence-corrected chi connectivity index (χ3v) is 4.18. The normalized spacial score (nSPS) is 15.4. The molecule has 2 aromatic carbocycles. The standard InChI is InChI=1S/C20H16F3NO/c21-20(22,23)19(25,16-11-5-2-6-12-16)18(15-9-3-1-4-10-15)17-13-7-8-14-24-17/h1-14,18,25H/t18-,19+/m1/s1. The Morgan fingerprint density at radius 2 is 1.32 bits per heavy atom. The fourth-order valence-electron chi connectivity index (χ4n) is 3.00. The molecule has 0 fully saturated rings. The molecular formula is C20H16F3NO. The molecule has 3 aromatic rings. The molecule has 0 bridgehead atoms. The lowest BCUT2D eigenvalue weighted by Crippen LogP contribution is -2.48. The Bertz CT molecular complexity index is 767. The monoisotopic (exact) mass is 343 g/mol. The van der Waals surface area contributed by atoms with Gasteiger partial charge in [-0.1, -0.05) is 66.7 Å². The van der Waals surface area contributed by atoms with E-state index in [0.717, 1.165) is 0 Å². The zero-order chi connectivity index (χ0) is 17.9. The summed E-state index contributed by atoms with van der Waals surface area (Å²) in [6.07, 6.45) is -3.47. The van der Waals surface area contributed by atoms with Crippen LogP contribution in [-0.2, 0) is 5.60 Å². The van der Waals surface area contributed by atoms with Crippen molar-refractivity contribution in [1.29, 1.82) is 0 Å². The quantitative estimate of drug-likeness (QED) is 0.747. The number of halogens is 3. The number of pyridine rings is 1. The predicted octanol–water partition coefficient (Wildman–Crippen LogP) is 4.66. The lowest BCUT2D eigenvalue weighted by molar-refractivity contribution is -0.272. The van der Waals surface area contributed by atoms with E-state index < -0.39 is 17.7 Å². The van der Waals surface area contributed by atoms with Gasteiger partial charge in [0.05, 0.1) is 11.6 Å². The molecule has 0 amide bonds. The Morgan fingerprint density at radius 1 is 0.760 bits per heavy atom. The van der Waals surface area contributed by atoms with Gasteiger partial charge in [0.1, 0.15) is 0 Å². The van der Waals surface area contributed by atoms with Crippen molar-refractivity contribution in [3.63, 3.8) is 0 Å². The lowest BCUT2D eigenvalue weighted by Gasteiger charge is -2.38. The van der Waals surface area contributed by atoms with Crippen molar-refractivity contribution in [2.24, 2.45) is 0 Å². The molecule has 0 aliphatic rings. The van der Waals surface area contributed by atoms with Crippen LogP contribution in [0.3, 0.4) is 0 Å². The van der Waals surface area contributed by atoms with Gasteiger partial charge in [0, 0.05) is 6.20 Å². The number of hydrogen-bond donors (Lipinski definition) is 1. The van der Waals surface area contributed by atoms with Crippen LogP contribution in [0.5, 0.6) is 0 Å². The van der Waals surface area contributed by atoms with E-state index in [0.29, 0.717) is 5.56 Å². The van der Waals surface area contributed by atoms with Crippen molar-refractivity contribution in [1.82, 2.24) is 4.98 Å². The van der Waals surface area contributed by atoms with Crippen molar-refractivity contribution < 1.29 is 18.3 Å². The van der Waals surface area contributed by atoms with Crippen molar-refractivity contribution in [2.75, 3.05) is 0 Å². The molecule has 0 saturated carbocycles. The van der Waals surface area contributed by atoms with E-state index in [1.165, 1.54) is 36.5 Å². The Hall–Kier alpha value is -2.66. The Morgan fingerprint density at radius 3 is 1.84 bits per heavy atom. The lowest BCUT2D eigenvalue weighted by atomic mass is 9.74. The highest BCUT2D eigenvalue weighted by Crippen LogP contribution is 2.50. The first-order valence-corrected chi connectivity index (χ1v) is 7.75. The molecule has 1 aromatic heterocycles. The third-order valence-electron chi connectivity index (χ3n) is 4.18. The van der Waals surface area contributed by atoms with Gasteiger partial charge in [0.15, 0.2) is 5.60 Å². The summed E-state index contributed by atoms with van der Waals surface area (Å²) in [5.41, 5.74) is -2.84. The highest BCUT2D eigenvalue weighted by atomic mass is 19.4. The summed E-state index contributed by atoms with van der Waals surface area (Å²) in [7, 11) is 0. The molecule has 0 aliphatic heterocycles. The smallest absolute Gasteiger partial charge is 0.376 e. The maximum atomic E-state index is 14.1. The van der Waals surface area contributed by atoms with E-state index in [2.05, 4.69) is 4.98 Å². The Labute approximate surface area is 143 Å². The van der Waals surface area contributed by atoms with Crippen LogP contribution in [0, 0.1) is 0 Å². The zero-order valence-electron chi connectivity index (χ0n) is 13.2. The second-order valence-corrected chi connectivity index (χ2v) is 5.73. The van der Waals surface area contributed by atoms with Gasteiger partial charge in [-0.15, -0.1) is 0 Å². The number of aliphatic hydroxyl groups is 1. The van der Waals surface area contributed by atoms with Gasteiger partial charge in [-0.25, -0.2) is 0 Å². The van der Waals surface area contributed by atoms with Crippen LogP contribution in [0.2, 0.25) is 0 Å². The molecule has 3 rings (SSSR count). The van der Waals surface area contributed by atoms with E-state index in [1.807, 2.05) is 0 Å². The number of nitrogens with zero attached hydrogens (tertiary/aromatic N) is 1. The Kier molecular flexibility index (Phi) is 4.59. The van der Waals surface area contributed by atoms with E-state index >= 15 is 0 Å².